The highest BCUT2D eigenvalue weighted by molar-refractivity contribution is 5.14. The molecule has 29 heavy (non-hydrogen) atoms. The molecule has 0 aromatic heterocycles. The van der Waals surface area contributed by atoms with Gasteiger partial charge >= 0.3 is 0 Å². The lowest BCUT2D eigenvalue weighted by Crippen LogP contribution is -2.64. The van der Waals surface area contributed by atoms with Crippen molar-refractivity contribution in [2.45, 2.75) is 101 Å². The lowest BCUT2D eigenvalue weighted by Gasteiger charge is -2.59. The molecule has 0 amide bonds. The molecule has 0 aromatic rings. The molecular weight excluding hydrogens is 380 g/mol. The van der Waals surface area contributed by atoms with Crippen LogP contribution in [0.3, 0.4) is 0 Å². The Hall–Kier alpha value is -0.320. The zero-order chi connectivity index (χ0) is 21.4. The van der Waals surface area contributed by atoms with Crippen molar-refractivity contribution in [1.82, 2.24) is 0 Å². The maximum Gasteiger partial charge on any atom is 0.187 e. The molecule has 3 aliphatic carbocycles. The minimum Gasteiger partial charge on any atom is -0.394 e. The van der Waals surface area contributed by atoms with E-state index in [0.717, 1.165) is 19.3 Å². The molecule has 8 heteroatoms. The van der Waals surface area contributed by atoms with Crippen LogP contribution >= 0.6 is 0 Å². The molecule has 6 N–H and O–H groups in total. The van der Waals surface area contributed by atoms with Gasteiger partial charge in [0.2, 0.25) is 0 Å². The average molecular weight is 417 g/mol. The molecule has 11 atom stereocenters. The quantitative estimate of drug-likeness (QED) is 0.363. The summed E-state index contributed by atoms with van der Waals surface area (Å²) in [4.78, 5) is 0. The van der Waals surface area contributed by atoms with E-state index >= 15 is 0 Å². The molecule has 1 heterocycles. The van der Waals surface area contributed by atoms with E-state index in [4.69, 9.17) is 9.47 Å². The normalized spacial score (nSPS) is 56.8. The predicted octanol–water partition coefficient (Wildman–Crippen LogP) is -0.480. The number of hydrogen-bond donors (Lipinski definition) is 6. The number of aliphatic hydroxyl groups is 6. The minimum absolute atomic E-state index is 0.169. The van der Waals surface area contributed by atoms with Crippen LogP contribution in [-0.2, 0) is 9.47 Å². The van der Waals surface area contributed by atoms with Gasteiger partial charge in [-0.15, -0.1) is 0 Å². The highest BCUT2D eigenvalue weighted by Crippen LogP contribution is 2.65. The van der Waals surface area contributed by atoms with Crippen molar-refractivity contribution in [3.8, 4) is 0 Å². The molecule has 1 saturated heterocycles. The van der Waals surface area contributed by atoms with Crippen LogP contribution in [0.15, 0.2) is 0 Å². The Morgan fingerprint density at radius 2 is 1.66 bits per heavy atom. The van der Waals surface area contributed by atoms with Crippen molar-refractivity contribution in [2.75, 3.05) is 6.61 Å². The molecule has 4 aliphatic rings. The van der Waals surface area contributed by atoms with E-state index in [2.05, 4.69) is 13.8 Å². The largest absolute Gasteiger partial charge is 0.394 e. The first-order valence-electron chi connectivity index (χ1n) is 10.8. The van der Waals surface area contributed by atoms with E-state index < -0.39 is 60.5 Å². The molecule has 0 radical (unpaired) electrons. The number of fused-ring (bicyclic) bond motifs is 4. The third-order valence-corrected chi connectivity index (χ3v) is 8.39. The third kappa shape index (κ3) is 3.36. The second kappa shape index (κ2) is 7.10. The van der Waals surface area contributed by atoms with E-state index in [-0.39, 0.29) is 17.8 Å². The van der Waals surface area contributed by atoms with E-state index in [1.807, 2.05) is 6.92 Å². The zero-order valence-corrected chi connectivity index (χ0v) is 17.4. The summed E-state index contributed by atoms with van der Waals surface area (Å²) < 4.78 is 11.5. The van der Waals surface area contributed by atoms with Gasteiger partial charge in [-0.05, 0) is 48.3 Å². The fourth-order valence-electron chi connectivity index (χ4n) is 6.78. The Labute approximate surface area is 171 Å². The summed E-state index contributed by atoms with van der Waals surface area (Å²) in [6, 6.07) is 0. The maximum atomic E-state index is 11.5. The summed E-state index contributed by atoms with van der Waals surface area (Å²) in [5, 5.41) is 62.2. The van der Waals surface area contributed by atoms with Gasteiger partial charge in [0.15, 0.2) is 6.29 Å². The zero-order valence-electron chi connectivity index (χ0n) is 17.4. The van der Waals surface area contributed by atoms with E-state index in [0.29, 0.717) is 12.3 Å². The Kier molecular flexibility index (Phi) is 5.36. The van der Waals surface area contributed by atoms with Gasteiger partial charge < -0.3 is 40.1 Å². The second-order valence-electron chi connectivity index (χ2n) is 10.9. The van der Waals surface area contributed by atoms with Gasteiger partial charge in [-0.2, -0.15) is 0 Å². The van der Waals surface area contributed by atoms with Crippen molar-refractivity contribution in [3.63, 3.8) is 0 Å². The van der Waals surface area contributed by atoms with Gasteiger partial charge in [-0.3, -0.25) is 0 Å². The highest BCUT2D eigenvalue weighted by atomic mass is 16.7. The van der Waals surface area contributed by atoms with Gasteiger partial charge in [-0.1, -0.05) is 20.8 Å². The number of aliphatic hydroxyl groups excluding tert-OH is 5. The van der Waals surface area contributed by atoms with E-state index in [1.54, 1.807) is 0 Å². The molecule has 0 aromatic carbocycles. The lowest BCUT2D eigenvalue weighted by atomic mass is 9.49. The monoisotopic (exact) mass is 416 g/mol. The van der Waals surface area contributed by atoms with Gasteiger partial charge in [0.25, 0.3) is 0 Å². The Bertz CT molecular complexity index is 626. The number of rotatable bonds is 3. The lowest BCUT2D eigenvalue weighted by molar-refractivity contribution is -0.335. The fraction of sp³-hybridized carbons (Fsp3) is 1.00. The smallest absolute Gasteiger partial charge is 0.187 e. The molecular formula is C21H36O8. The Morgan fingerprint density at radius 3 is 2.28 bits per heavy atom. The Morgan fingerprint density at radius 1 is 0.966 bits per heavy atom. The van der Waals surface area contributed by atoms with Gasteiger partial charge in [0.1, 0.15) is 24.4 Å². The van der Waals surface area contributed by atoms with Crippen molar-refractivity contribution in [3.05, 3.63) is 0 Å². The van der Waals surface area contributed by atoms with Crippen LogP contribution < -0.4 is 0 Å². The molecule has 1 aliphatic heterocycles. The van der Waals surface area contributed by atoms with Crippen molar-refractivity contribution in [2.24, 2.45) is 22.7 Å². The van der Waals surface area contributed by atoms with Crippen LogP contribution in [0.2, 0.25) is 0 Å². The fourth-order valence-corrected chi connectivity index (χ4v) is 6.78. The third-order valence-electron chi connectivity index (χ3n) is 8.39. The van der Waals surface area contributed by atoms with Gasteiger partial charge in [0.05, 0.1) is 24.4 Å². The molecule has 168 valence electrons. The summed E-state index contributed by atoms with van der Waals surface area (Å²) in [7, 11) is 0. The second-order valence-corrected chi connectivity index (χ2v) is 10.9. The molecule has 8 nitrogen and oxygen atoms in total. The minimum atomic E-state index is -1.53. The van der Waals surface area contributed by atoms with E-state index in [1.165, 1.54) is 0 Å². The standard InChI is InChI=1S/C21H36O8/c1-19(2)6-11-10(19)4-5-20(3)9-21(11,27)7-12(23)17(20)29-18-16(26)15(25)14(24)13(8-22)28-18/h10-18,22-27H,4-9H2,1-3H3/t10-,11-,12-,13-,14-,15+,16-,17+,18+,20-,21+/m1/s1. The van der Waals surface area contributed by atoms with Crippen LogP contribution in [0.25, 0.3) is 0 Å². The SMILES string of the molecule is CC1(C)C[C@@H]2[C@H]1CC[C@]1(C)C[C@@]2(O)C[C@@H](O)[C@@H]1O[C@@H]1O[C@H](CO)[C@@H](O)[C@H](O)[C@H]1O. The van der Waals surface area contributed by atoms with Crippen molar-refractivity contribution >= 4 is 0 Å². The first kappa shape index (κ1) is 21.9. The molecule has 0 unspecified atom stereocenters. The summed E-state index contributed by atoms with van der Waals surface area (Å²) in [6.07, 6.45) is -5.17. The summed E-state index contributed by atoms with van der Waals surface area (Å²) in [6.45, 7) is 5.92. The van der Waals surface area contributed by atoms with Crippen LogP contribution in [0.4, 0.5) is 0 Å². The summed E-state index contributed by atoms with van der Waals surface area (Å²) in [5.74, 6) is 0.565. The summed E-state index contributed by atoms with van der Waals surface area (Å²) >= 11 is 0. The van der Waals surface area contributed by atoms with Gasteiger partial charge in [0, 0.05) is 6.42 Å². The predicted molar refractivity (Wildman–Crippen MR) is 102 cm³/mol. The molecule has 4 rings (SSSR count). The average Bonchev–Trinajstić information content (AvgIpc) is 2.70. The number of ether oxygens (including phenoxy) is 2. The van der Waals surface area contributed by atoms with Crippen LogP contribution in [-0.4, -0.2) is 85.8 Å². The van der Waals surface area contributed by atoms with Crippen LogP contribution in [0.1, 0.15) is 52.9 Å². The molecule has 0 spiro atoms. The first-order valence-corrected chi connectivity index (χ1v) is 10.8. The van der Waals surface area contributed by atoms with Crippen LogP contribution in [0, 0.1) is 22.7 Å². The highest BCUT2D eigenvalue weighted by Gasteiger charge is 2.64. The topological polar surface area (TPSA) is 140 Å². The molecule has 3 saturated carbocycles. The summed E-state index contributed by atoms with van der Waals surface area (Å²) in [5.41, 5.74) is -1.30. The van der Waals surface area contributed by atoms with Crippen molar-refractivity contribution in [1.29, 1.82) is 0 Å². The maximum absolute atomic E-state index is 11.5. The van der Waals surface area contributed by atoms with E-state index in [9.17, 15) is 30.6 Å². The first-order chi connectivity index (χ1) is 13.4. The van der Waals surface area contributed by atoms with Crippen LogP contribution in [0.5, 0.6) is 0 Å². The Balaban J connectivity index is 1.56. The molecule has 2 bridgehead atoms. The molecule has 4 fully saturated rings. The van der Waals surface area contributed by atoms with Gasteiger partial charge in [-0.25, -0.2) is 0 Å². The van der Waals surface area contributed by atoms with Crippen molar-refractivity contribution < 1.29 is 40.1 Å². The number of hydrogen-bond acceptors (Lipinski definition) is 8.